The molecule has 1 aromatic rings. The van der Waals surface area contributed by atoms with E-state index in [1.54, 1.807) is 0 Å². The number of unbranched alkanes of at least 4 members (excludes halogenated alkanes) is 1. The Labute approximate surface area is 127 Å². The van der Waals surface area contributed by atoms with E-state index < -0.39 is 0 Å². The van der Waals surface area contributed by atoms with Crippen molar-refractivity contribution in [3.8, 4) is 0 Å². The molecule has 1 aromatic carbocycles. The minimum atomic E-state index is 0.613. The molecule has 0 aromatic heterocycles. The fourth-order valence-corrected chi connectivity index (χ4v) is 2.07. The molecule has 1 rings (SSSR count). The van der Waals surface area contributed by atoms with Crippen LogP contribution in [0.5, 0.6) is 0 Å². The van der Waals surface area contributed by atoms with E-state index in [4.69, 9.17) is 23.2 Å². The second-order valence-electron chi connectivity index (χ2n) is 5.21. The van der Waals surface area contributed by atoms with Gasteiger partial charge in [0.15, 0.2) is 0 Å². The summed E-state index contributed by atoms with van der Waals surface area (Å²) in [5, 5.41) is 4.67. The summed E-state index contributed by atoms with van der Waals surface area (Å²) in [6, 6.07) is 6.40. The fourth-order valence-electron chi connectivity index (χ4n) is 1.75. The normalized spacial score (nSPS) is 11.5. The molecule has 0 spiro atoms. The Hall–Kier alpha value is -0.280. The Balaban J connectivity index is 2.12. The molecule has 0 aliphatic heterocycles. The number of hydrogen-bond acceptors (Lipinski definition) is 2. The van der Waals surface area contributed by atoms with Crippen molar-refractivity contribution in [3.63, 3.8) is 0 Å². The van der Waals surface area contributed by atoms with Crippen LogP contribution in [0.3, 0.4) is 0 Å². The molecule has 0 atom stereocenters. The minimum absolute atomic E-state index is 0.613. The number of rotatable bonds is 8. The number of nitrogens with zero attached hydrogens (tertiary/aromatic N) is 1. The smallest absolute Gasteiger partial charge is 0.0595 e. The zero-order valence-electron chi connectivity index (χ0n) is 12.0. The van der Waals surface area contributed by atoms with Crippen molar-refractivity contribution in [2.75, 3.05) is 20.1 Å². The van der Waals surface area contributed by atoms with Gasteiger partial charge in [-0.15, -0.1) is 0 Å². The number of nitrogens with one attached hydrogen (secondary N) is 1. The fraction of sp³-hybridized carbons (Fsp3) is 0.600. The van der Waals surface area contributed by atoms with Gasteiger partial charge >= 0.3 is 0 Å². The van der Waals surface area contributed by atoms with Gasteiger partial charge in [0.25, 0.3) is 0 Å². The third kappa shape index (κ3) is 6.62. The van der Waals surface area contributed by atoms with Gasteiger partial charge in [-0.3, -0.25) is 0 Å². The summed E-state index contributed by atoms with van der Waals surface area (Å²) < 4.78 is 0. The predicted molar refractivity (Wildman–Crippen MR) is 85.2 cm³/mol. The Morgan fingerprint density at radius 1 is 1.16 bits per heavy atom. The number of halogens is 2. The van der Waals surface area contributed by atoms with Gasteiger partial charge in [0.05, 0.1) is 10.0 Å². The van der Waals surface area contributed by atoms with Crippen molar-refractivity contribution in [1.82, 2.24) is 10.2 Å². The van der Waals surface area contributed by atoms with Crippen LogP contribution in [0.4, 0.5) is 0 Å². The zero-order chi connectivity index (χ0) is 14.3. The van der Waals surface area contributed by atoms with Crippen LogP contribution in [0.2, 0.25) is 10.0 Å². The van der Waals surface area contributed by atoms with Crippen molar-refractivity contribution < 1.29 is 0 Å². The van der Waals surface area contributed by atoms with E-state index in [-0.39, 0.29) is 0 Å². The molecule has 4 heteroatoms. The zero-order valence-corrected chi connectivity index (χ0v) is 13.6. The van der Waals surface area contributed by atoms with Crippen molar-refractivity contribution in [2.45, 2.75) is 39.3 Å². The SMILES string of the molecule is CC(C)N(C)CCCCNCc1ccc(Cl)c(Cl)c1. The lowest BCUT2D eigenvalue weighted by Crippen LogP contribution is -2.27. The lowest BCUT2D eigenvalue weighted by Gasteiger charge is -2.20. The van der Waals surface area contributed by atoms with Gasteiger partial charge in [-0.05, 0) is 64.5 Å². The van der Waals surface area contributed by atoms with Crippen LogP contribution in [0.25, 0.3) is 0 Å². The van der Waals surface area contributed by atoms with E-state index in [1.807, 2.05) is 18.2 Å². The highest BCUT2D eigenvalue weighted by Gasteiger charge is 2.02. The van der Waals surface area contributed by atoms with E-state index in [2.05, 4.69) is 31.1 Å². The highest BCUT2D eigenvalue weighted by Crippen LogP contribution is 2.22. The third-order valence-corrected chi connectivity index (χ3v) is 4.05. The van der Waals surface area contributed by atoms with E-state index in [9.17, 15) is 0 Å². The van der Waals surface area contributed by atoms with Crippen LogP contribution in [-0.4, -0.2) is 31.1 Å². The molecule has 108 valence electrons. The van der Waals surface area contributed by atoms with Gasteiger partial charge in [-0.2, -0.15) is 0 Å². The molecule has 19 heavy (non-hydrogen) atoms. The first kappa shape index (κ1) is 16.8. The van der Waals surface area contributed by atoms with E-state index in [0.29, 0.717) is 16.1 Å². The van der Waals surface area contributed by atoms with Crippen LogP contribution in [0.1, 0.15) is 32.3 Å². The second-order valence-corrected chi connectivity index (χ2v) is 6.02. The van der Waals surface area contributed by atoms with Gasteiger partial charge < -0.3 is 10.2 Å². The standard InChI is InChI=1S/C15H24Cl2N2/c1-12(2)19(3)9-5-4-8-18-11-13-6-7-14(16)15(17)10-13/h6-7,10,12,18H,4-5,8-9,11H2,1-3H3. The number of hydrogen-bond donors (Lipinski definition) is 1. The molecule has 0 aliphatic rings. The lowest BCUT2D eigenvalue weighted by molar-refractivity contribution is 0.268. The van der Waals surface area contributed by atoms with Crippen LogP contribution in [-0.2, 0) is 6.54 Å². The van der Waals surface area contributed by atoms with Gasteiger partial charge in [-0.1, -0.05) is 29.3 Å². The molecule has 0 unspecified atom stereocenters. The topological polar surface area (TPSA) is 15.3 Å². The maximum Gasteiger partial charge on any atom is 0.0595 e. The van der Waals surface area contributed by atoms with E-state index in [1.165, 1.54) is 18.4 Å². The average molecular weight is 303 g/mol. The summed E-state index contributed by atoms with van der Waals surface area (Å²) in [5.41, 5.74) is 1.17. The molecule has 0 fully saturated rings. The summed E-state index contributed by atoms with van der Waals surface area (Å²) >= 11 is 11.9. The largest absolute Gasteiger partial charge is 0.313 e. The lowest BCUT2D eigenvalue weighted by atomic mass is 10.2. The van der Waals surface area contributed by atoms with Crippen molar-refractivity contribution in [2.24, 2.45) is 0 Å². The van der Waals surface area contributed by atoms with Gasteiger partial charge in [-0.25, -0.2) is 0 Å². The highest BCUT2D eigenvalue weighted by molar-refractivity contribution is 6.42. The quantitative estimate of drug-likeness (QED) is 0.724. The summed E-state index contributed by atoms with van der Waals surface area (Å²) in [7, 11) is 2.17. The molecule has 0 amide bonds. The molecule has 0 saturated carbocycles. The molecular formula is C15H24Cl2N2. The molecule has 0 radical (unpaired) electrons. The van der Waals surface area contributed by atoms with Gasteiger partial charge in [0, 0.05) is 12.6 Å². The predicted octanol–water partition coefficient (Wildman–Crippen LogP) is 4.20. The van der Waals surface area contributed by atoms with E-state index in [0.717, 1.165) is 19.6 Å². The monoisotopic (exact) mass is 302 g/mol. The van der Waals surface area contributed by atoms with Crippen molar-refractivity contribution in [3.05, 3.63) is 33.8 Å². The summed E-state index contributed by atoms with van der Waals surface area (Å²) in [5.74, 6) is 0. The number of benzene rings is 1. The molecule has 0 bridgehead atoms. The molecule has 2 nitrogen and oxygen atoms in total. The summed E-state index contributed by atoms with van der Waals surface area (Å²) in [6.45, 7) is 7.49. The van der Waals surface area contributed by atoms with Crippen molar-refractivity contribution in [1.29, 1.82) is 0 Å². The molecular weight excluding hydrogens is 279 g/mol. The summed E-state index contributed by atoms with van der Waals surface area (Å²) in [6.07, 6.45) is 2.42. The van der Waals surface area contributed by atoms with E-state index >= 15 is 0 Å². The first-order valence-electron chi connectivity index (χ1n) is 6.85. The summed E-state index contributed by atoms with van der Waals surface area (Å²) in [4.78, 5) is 2.37. The minimum Gasteiger partial charge on any atom is -0.313 e. The van der Waals surface area contributed by atoms with Gasteiger partial charge in [0.1, 0.15) is 0 Å². The van der Waals surface area contributed by atoms with Gasteiger partial charge in [0.2, 0.25) is 0 Å². The highest BCUT2D eigenvalue weighted by atomic mass is 35.5. The first-order valence-corrected chi connectivity index (χ1v) is 7.61. The first-order chi connectivity index (χ1) is 9.00. The van der Waals surface area contributed by atoms with Crippen LogP contribution in [0.15, 0.2) is 18.2 Å². The Kier molecular flexibility index (Phi) is 7.77. The molecule has 0 aliphatic carbocycles. The molecule has 1 N–H and O–H groups in total. The van der Waals surface area contributed by atoms with Crippen LogP contribution < -0.4 is 5.32 Å². The average Bonchev–Trinajstić information content (AvgIpc) is 2.37. The maximum atomic E-state index is 5.98. The second kappa shape index (κ2) is 8.80. The maximum absolute atomic E-state index is 5.98. The van der Waals surface area contributed by atoms with Crippen LogP contribution in [0, 0.1) is 0 Å². The molecule has 0 heterocycles. The Morgan fingerprint density at radius 2 is 1.89 bits per heavy atom. The Bertz CT molecular complexity index is 380. The Morgan fingerprint density at radius 3 is 2.53 bits per heavy atom. The van der Waals surface area contributed by atoms with Crippen molar-refractivity contribution >= 4 is 23.2 Å². The third-order valence-electron chi connectivity index (χ3n) is 3.31. The molecule has 0 saturated heterocycles. The van der Waals surface area contributed by atoms with Crippen LogP contribution >= 0.6 is 23.2 Å².